The number of para-hydroxylation sites is 2. The van der Waals surface area contributed by atoms with Gasteiger partial charge in [-0.25, -0.2) is 24.4 Å². The average Bonchev–Trinajstić information content (AvgIpc) is 1.66. The van der Waals surface area contributed by atoms with Gasteiger partial charge in [0.05, 0.1) is 39.6 Å². The highest BCUT2D eigenvalue weighted by Gasteiger charge is 2.33. The molecule has 1 aliphatic carbocycles. The Kier molecular flexibility index (Phi) is 24.6. The number of nitrogens with zero attached hydrogens (tertiary/aromatic N) is 4. The predicted molar refractivity (Wildman–Crippen MR) is 364 cm³/mol. The van der Waals surface area contributed by atoms with Gasteiger partial charge >= 0.3 is 18.3 Å². The molecule has 0 radical (unpaired) electrons. The number of carbonyl (C=O) groups is 5. The highest BCUT2D eigenvalue weighted by atomic mass is 32.1. The number of benzene rings is 6. The second kappa shape index (κ2) is 32.5. The summed E-state index contributed by atoms with van der Waals surface area (Å²) >= 11 is 2.64. The van der Waals surface area contributed by atoms with Crippen molar-refractivity contribution in [3.8, 4) is 11.1 Å². The van der Waals surface area contributed by atoms with Gasteiger partial charge in [-0.1, -0.05) is 155 Å². The number of nitrogens with two attached hydrogens (primary N) is 1. The van der Waals surface area contributed by atoms with Crippen LogP contribution >= 0.6 is 22.7 Å². The number of rotatable bonds is 25. The third kappa shape index (κ3) is 20.1. The van der Waals surface area contributed by atoms with Gasteiger partial charge in [0.25, 0.3) is 0 Å². The number of nitrogens with one attached hydrogen (secondary N) is 3. The van der Waals surface area contributed by atoms with Crippen LogP contribution in [-0.4, -0.2) is 133 Å². The van der Waals surface area contributed by atoms with Gasteiger partial charge in [-0.05, 0) is 132 Å². The minimum absolute atomic E-state index is 0.0729. The molecule has 0 bridgehead atoms. The van der Waals surface area contributed by atoms with Crippen LogP contribution in [0.3, 0.4) is 0 Å². The Balaban J connectivity index is 0.000000256. The lowest BCUT2D eigenvalue weighted by Crippen LogP contribution is -2.51. The van der Waals surface area contributed by atoms with Gasteiger partial charge in [0, 0.05) is 52.9 Å². The third-order valence-corrected chi connectivity index (χ3v) is 16.8. The highest BCUT2D eigenvalue weighted by Crippen LogP contribution is 2.44. The summed E-state index contributed by atoms with van der Waals surface area (Å²) in [5.74, 6) is -0.704. The van der Waals surface area contributed by atoms with Crippen LogP contribution in [0.1, 0.15) is 106 Å². The SMILES string of the molecule is CCOC(CN(Cc1cccc2sc(NC(=O)OC(C)(C)C)nc12)C(=O)[C@@H](N)Cc1ccc(C)cc1)OC.CCOC(CN(Cc1cccc2sc(NC(=O)OC(C)(C)C)nc12)C(=O)[C@H](Cc1ccc(C)cc1)NC(=O)OCC1c2ccccc2-c2ccccc21)OC. The molecule has 5 amide bonds. The fraction of sp³-hybridized carbons (Fsp3) is 0.394. The molecule has 20 nitrogen and oxygen atoms in total. The van der Waals surface area contributed by atoms with Crippen LogP contribution in [0.25, 0.3) is 31.6 Å². The molecule has 0 fully saturated rings. The van der Waals surface area contributed by atoms with Gasteiger partial charge in [0.1, 0.15) is 23.9 Å². The van der Waals surface area contributed by atoms with Gasteiger partial charge in [0.15, 0.2) is 22.8 Å². The van der Waals surface area contributed by atoms with E-state index in [-0.39, 0.29) is 56.9 Å². The standard InChI is InChI=1S/C43H48N4O7S.C28H38N4O5S/c1-7-52-37(51-6)25-47(24-29-13-12-18-36-38(29)45-40(55-36)46-42(50)54-43(3,4)5)39(48)35(23-28-21-19-27(2)20-22-28)44-41(49)53-26-34-32-16-10-8-14-30(32)31-15-9-11-17-33(31)34;1-7-36-23(35-6)17-32(25(33)21(29)15-19-13-11-18(2)12-14-19)16-20-9-8-10-22-24(20)30-26(38-22)31-27(34)37-28(3,4)5/h8-22,34-35,37H,7,23-26H2,1-6H3,(H,44,49)(H,45,46,50);8-14,21,23H,7,15-17,29H2,1-6H3,(H,30,31,34)/t35-,37?;21-,23?/m00/s1. The highest BCUT2D eigenvalue weighted by molar-refractivity contribution is 7.22. The molecule has 8 aromatic rings. The van der Waals surface area contributed by atoms with E-state index in [1.54, 1.807) is 58.5 Å². The van der Waals surface area contributed by atoms with E-state index in [1.165, 1.54) is 29.8 Å². The van der Waals surface area contributed by atoms with E-state index < -0.39 is 54.1 Å². The summed E-state index contributed by atoms with van der Waals surface area (Å²) in [5, 5.41) is 9.13. The topological polar surface area (TPSA) is 244 Å². The van der Waals surface area contributed by atoms with E-state index in [9.17, 15) is 24.0 Å². The summed E-state index contributed by atoms with van der Waals surface area (Å²) in [6.45, 7) is 20.1. The first-order chi connectivity index (χ1) is 44.4. The maximum atomic E-state index is 14.8. The molecule has 2 unspecified atom stereocenters. The number of aromatic nitrogens is 2. The van der Waals surface area contributed by atoms with Gasteiger partial charge < -0.3 is 54.0 Å². The van der Waals surface area contributed by atoms with Gasteiger partial charge in [-0.15, -0.1) is 0 Å². The zero-order valence-corrected chi connectivity index (χ0v) is 56.7. The monoisotopic (exact) mass is 1310 g/mol. The van der Waals surface area contributed by atoms with Crippen molar-refractivity contribution < 1.29 is 57.1 Å². The fourth-order valence-corrected chi connectivity index (χ4v) is 12.4. The Morgan fingerprint density at radius 2 is 0.989 bits per heavy atom. The minimum Gasteiger partial charge on any atom is -0.449 e. The quantitative estimate of drug-likeness (QED) is 0.0307. The molecule has 2 aromatic heterocycles. The Labute approximate surface area is 552 Å². The molecule has 4 atom stereocenters. The second-order valence-corrected chi connectivity index (χ2v) is 26.6. The van der Waals surface area contributed by atoms with Crippen molar-refractivity contribution in [2.45, 2.75) is 137 Å². The van der Waals surface area contributed by atoms with Crippen molar-refractivity contribution in [2.75, 3.05) is 57.8 Å². The lowest BCUT2D eigenvalue weighted by Gasteiger charge is -2.31. The van der Waals surface area contributed by atoms with Crippen LogP contribution in [0.15, 0.2) is 133 Å². The molecule has 0 saturated carbocycles. The largest absolute Gasteiger partial charge is 0.449 e. The Morgan fingerprint density at radius 3 is 1.42 bits per heavy atom. The first-order valence-corrected chi connectivity index (χ1v) is 32.7. The number of ether oxygens (including phenoxy) is 7. The molecule has 0 saturated heterocycles. The number of carbonyl (C=O) groups excluding carboxylic acids is 5. The first kappa shape index (κ1) is 70.5. The van der Waals surface area contributed by atoms with Gasteiger partial charge in [-0.3, -0.25) is 20.2 Å². The lowest BCUT2D eigenvalue weighted by molar-refractivity contribution is -0.153. The zero-order chi connectivity index (χ0) is 67.0. The van der Waals surface area contributed by atoms with Crippen LogP contribution in [-0.2, 0) is 68.7 Å². The second-order valence-electron chi connectivity index (χ2n) is 24.5. The fourth-order valence-electron chi connectivity index (χ4n) is 10.6. The molecule has 1 aliphatic rings. The first-order valence-electron chi connectivity index (χ1n) is 31.0. The van der Waals surface area contributed by atoms with Crippen molar-refractivity contribution in [2.24, 2.45) is 5.73 Å². The minimum atomic E-state index is -0.989. The average molecular weight is 1310 g/mol. The smallest absolute Gasteiger partial charge is 0.413 e. The van der Waals surface area contributed by atoms with Crippen molar-refractivity contribution in [3.05, 3.63) is 178 Å². The number of thiazole rings is 2. The van der Waals surface area contributed by atoms with E-state index in [0.717, 1.165) is 65.0 Å². The van der Waals surface area contributed by atoms with Crippen LogP contribution in [0, 0.1) is 13.8 Å². The molecule has 6 aromatic carbocycles. The molecular formula is C71H86N8O12S2. The molecule has 0 spiro atoms. The lowest BCUT2D eigenvalue weighted by atomic mass is 9.98. The molecule has 93 heavy (non-hydrogen) atoms. The van der Waals surface area contributed by atoms with E-state index >= 15 is 0 Å². The normalized spacial score (nSPS) is 13.3. The predicted octanol–water partition coefficient (Wildman–Crippen LogP) is 13.3. The number of alkyl carbamates (subject to hydrolysis) is 1. The summed E-state index contributed by atoms with van der Waals surface area (Å²) in [4.78, 5) is 79.5. The molecule has 22 heteroatoms. The summed E-state index contributed by atoms with van der Waals surface area (Å²) in [5.41, 5.74) is 16.5. The number of methoxy groups -OCH3 is 2. The van der Waals surface area contributed by atoms with E-state index in [0.29, 0.717) is 40.9 Å². The maximum absolute atomic E-state index is 14.8. The molecule has 9 rings (SSSR count). The van der Waals surface area contributed by atoms with E-state index in [4.69, 9.17) is 43.9 Å². The maximum Gasteiger partial charge on any atom is 0.413 e. The number of hydrogen-bond donors (Lipinski definition) is 4. The number of fused-ring (bicyclic) bond motifs is 5. The molecule has 0 aliphatic heterocycles. The summed E-state index contributed by atoms with van der Waals surface area (Å²) in [7, 11) is 3.07. The van der Waals surface area contributed by atoms with Crippen molar-refractivity contribution >= 4 is 83.5 Å². The van der Waals surface area contributed by atoms with Gasteiger partial charge in [0.2, 0.25) is 11.8 Å². The Hall–Kier alpha value is -8.35. The van der Waals surface area contributed by atoms with Gasteiger partial charge in [-0.2, -0.15) is 0 Å². The molecule has 5 N–H and O–H groups in total. The number of amides is 5. The molecular weight excluding hydrogens is 1220 g/mol. The molecule has 494 valence electrons. The van der Waals surface area contributed by atoms with Crippen LogP contribution < -0.4 is 21.7 Å². The van der Waals surface area contributed by atoms with Crippen molar-refractivity contribution in [1.82, 2.24) is 25.1 Å². The Bertz CT molecular complexity index is 3780. The van der Waals surface area contributed by atoms with Crippen LogP contribution in [0.4, 0.5) is 24.6 Å². The Morgan fingerprint density at radius 1 is 0.559 bits per heavy atom. The van der Waals surface area contributed by atoms with E-state index in [2.05, 4.69) is 45.2 Å². The summed E-state index contributed by atoms with van der Waals surface area (Å²) in [6.07, 6.45) is -2.58. The van der Waals surface area contributed by atoms with E-state index in [1.807, 2.05) is 137 Å². The van der Waals surface area contributed by atoms with Crippen LogP contribution in [0.2, 0.25) is 0 Å². The van der Waals surface area contributed by atoms with Crippen LogP contribution in [0.5, 0.6) is 0 Å². The summed E-state index contributed by atoms with van der Waals surface area (Å²) < 4.78 is 41.0. The third-order valence-electron chi connectivity index (χ3n) is 14.9. The number of aryl methyl sites for hydroxylation is 2. The van der Waals surface area contributed by atoms with Crippen molar-refractivity contribution in [3.63, 3.8) is 0 Å². The van der Waals surface area contributed by atoms with Crippen molar-refractivity contribution in [1.29, 1.82) is 0 Å². The number of anilines is 2. The number of hydrogen-bond acceptors (Lipinski definition) is 17. The zero-order valence-electron chi connectivity index (χ0n) is 55.0. The molecule has 2 heterocycles. The summed E-state index contributed by atoms with van der Waals surface area (Å²) in [6, 6.07) is 41.8.